The molecule has 0 amide bonds. The lowest BCUT2D eigenvalue weighted by atomic mass is 9.99. The number of hydrogen-bond donors (Lipinski definition) is 3. The van der Waals surface area contributed by atoms with Crippen molar-refractivity contribution in [2.45, 2.75) is 12.1 Å². The summed E-state index contributed by atoms with van der Waals surface area (Å²) in [6, 6.07) is 21.0. The van der Waals surface area contributed by atoms with Crippen molar-refractivity contribution < 1.29 is 9.90 Å². The second-order valence-corrected chi connectivity index (χ2v) is 8.14. The van der Waals surface area contributed by atoms with Crippen molar-refractivity contribution >= 4 is 39.5 Å². The highest BCUT2D eigenvalue weighted by molar-refractivity contribution is 7.99. The Hall–Kier alpha value is -3.58. The van der Waals surface area contributed by atoms with Crippen molar-refractivity contribution in [3.8, 4) is 22.5 Å². The van der Waals surface area contributed by atoms with Gasteiger partial charge in [0.15, 0.2) is 11.0 Å². The molecular formula is C23H18N4O2S. The minimum absolute atomic E-state index is 0.0573. The number of aryl methyl sites for hydroxylation is 1. The van der Waals surface area contributed by atoms with E-state index in [1.165, 1.54) is 10.8 Å². The van der Waals surface area contributed by atoms with Crippen molar-refractivity contribution in [2.75, 3.05) is 5.75 Å². The molecule has 0 spiro atoms. The monoisotopic (exact) mass is 414 g/mol. The van der Waals surface area contributed by atoms with Crippen LogP contribution in [0, 0.1) is 6.92 Å². The molecule has 3 aromatic carbocycles. The topological polar surface area (TPSA) is 94.7 Å². The summed E-state index contributed by atoms with van der Waals surface area (Å²) in [7, 11) is 0. The minimum atomic E-state index is -0.886. The fourth-order valence-electron chi connectivity index (χ4n) is 3.69. The van der Waals surface area contributed by atoms with Crippen molar-refractivity contribution in [1.82, 2.24) is 20.2 Å². The Balaban J connectivity index is 1.53. The molecule has 2 heterocycles. The van der Waals surface area contributed by atoms with Gasteiger partial charge in [0.25, 0.3) is 0 Å². The average Bonchev–Trinajstić information content (AvgIpc) is 3.36. The Morgan fingerprint density at radius 1 is 0.900 bits per heavy atom. The van der Waals surface area contributed by atoms with Gasteiger partial charge >= 0.3 is 5.97 Å². The summed E-state index contributed by atoms with van der Waals surface area (Å²) in [4.78, 5) is 17.4. The Labute approximate surface area is 176 Å². The number of fused-ring (bicyclic) bond motifs is 3. The first-order valence-corrected chi connectivity index (χ1v) is 10.5. The molecule has 148 valence electrons. The van der Waals surface area contributed by atoms with Gasteiger partial charge in [0.1, 0.15) is 0 Å². The predicted molar refractivity (Wildman–Crippen MR) is 120 cm³/mol. The number of rotatable bonds is 5. The number of thioether (sulfide) groups is 1. The summed E-state index contributed by atoms with van der Waals surface area (Å²) >= 11 is 1.12. The van der Waals surface area contributed by atoms with Crippen molar-refractivity contribution in [1.29, 1.82) is 0 Å². The summed E-state index contributed by atoms with van der Waals surface area (Å²) in [6.45, 7) is 2.05. The second kappa shape index (κ2) is 7.35. The van der Waals surface area contributed by atoms with Gasteiger partial charge in [-0.25, -0.2) is 0 Å². The lowest BCUT2D eigenvalue weighted by Gasteiger charge is -2.07. The molecule has 0 bridgehead atoms. The van der Waals surface area contributed by atoms with E-state index in [9.17, 15) is 4.79 Å². The van der Waals surface area contributed by atoms with Gasteiger partial charge in [-0.05, 0) is 47.9 Å². The highest BCUT2D eigenvalue weighted by atomic mass is 32.2. The molecule has 0 radical (unpaired) electrons. The first-order valence-electron chi connectivity index (χ1n) is 9.47. The Morgan fingerprint density at radius 2 is 1.70 bits per heavy atom. The fourth-order valence-corrected chi connectivity index (χ4v) is 4.22. The highest BCUT2D eigenvalue weighted by Crippen LogP contribution is 2.32. The van der Waals surface area contributed by atoms with Crippen LogP contribution in [0.15, 0.2) is 65.8 Å². The average molecular weight is 414 g/mol. The molecule has 0 unspecified atom stereocenters. The summed E-state index contributed by atoms with van der Waals surface area (Å²) in [5.41, 5.74) is 6.44. The number of carboxylic acids is 1. The first kappa shape index (κ1) is 18.4. The SMILES string of the molecule is Cc1cc(-c2ccc3c(c2)[nH]c2ccccc23)cc(-c2nnc(SCC(=O)O)[nH]2)c1. The lowest BCUT2D eigenvalue weighted by molar-refractivity contribution is -0.133. The largest absolute Gasteiger partial charge is 0.481 e. The lowest BCUT2D eigenvalue weighted by Crippen LogP contribution is -1.97. The number of para-hydroxylation sites is 1. The van der Waals surface area contributed by atoms with E-state index in [1.54, 1.807) is 0 Å². The third-order valence-corrected chi connectivity index (χ3v) is 5.84. The molecule has 7 heteroatoms. The van der Waals surface area contributed by atoms with Gasteiger partial charge in [-0.2, -0.15) is 0 Å². The number of benzene rings is 3. The molecule has 0 aliphatic heterocycles. The summed E-state index contributed by atoms with van der Waals surface area (Å²) in [5.74, 6) is -0.319. The first-order chi connectivity index (χ1) is 14.6. The summed E-state index contributed by atoms with van der Waals surface area (Å²) < 4.78 is 0. The number of aromatic nitrogens is 4. The van der Waals surface area contributed by atoms with E-state index in [4.69, 9.17) is 5.11 Å². The van der Waals surface area contributed by atoms with Crippen LogP contribution in [0.5, 0.6) is 0 Å². The van der Waals surface area contributed by atoms with Crippen LogP contribution >= 0.6 is 11.8 Å². The quantitative estimate of drug-likeness (QED) is 0.341. The van der Waals surface area contributed by atoms with E-state index in [-0.39, 0.29) is 5.75 Å². The van der Waals surface area contributed by atoms with Crippen LogP contribution in [0.25, 0.3) is 44.3 Å². The number of nitrogens with one attached hydrogen (secondary N) is 2. The van der Waals surface area contributed by atoms with Crippen LogP contribution in [-0.4, -0.2) is 37.0 Å². The van der Waals surface area contributed by atoms with Crippen LogP contribution in [0.2, 0.25) is 0 Å². The number of H-pyrrole nitrogens is 2. The molecular weight excluding hydrogens is 396 g/mol. The molecule has 6 nitrogen and oxygen atoms in total. The van der Waals surface area contributed by atoms with Crippen LogP contribution in [0.1, 0.15) is 5.56 Å². The molecule has 3 N–H and O–H groups in total. The molecule has 2 aromatic heterocycles. The standard InChI is InChI=1S/C23H18N4O2S/c1-13-8-15(10-16(9-13)22-25-23(27-26-22)30-12-21(28)29)14-6-7-18-17-4-2-3-5-19(17)24-20(18)11-14/h2-11,24H,12H2,1H3,(H,28,29)(H,25,26,27). The number of nitrogens with zero attached hydrogens (tertiary/aromatic N) is 2. The van der Waals surface area contributed by atoms with Crippen molar-refractivity contribution in [3.05, 3.63) is 66.2 Å². The van der Waals surface area contributed by atoms with E-state index in [0.717, 1.165) is 45.0 Å². The molecule has 30 heavy (non-hydrogen) atoms. The van der Waals surface area contributed by atoms with Gasteiger partial charge in [0.05, 0.1) is 5.75 Å². The Kier molecular flexibility index (Phi) is 4.52. The Morgan fingerprint density at radius 3 is 2.57 bits per heavy atom. The molecule has 0 saturated carbocycles. The summed E-state index contributed by atoms with van der Waals surface area (Å²) in [6.07, 6.45) is 0. The van der Waals surface area contributed by atoms with E-state index < -0.39 is 5.97 Å². The maximum Gasteiger partial charge on any atom is 0.313 e. The van der Waals surface area contributed by atoms with Gasteiger partial charge in [0, 0.05) is 27.4 Å². The van der Waals surface area contributed by atoms with Crippen molar-refractivity contribution in [3.63, 3.8) is 0 Å². The molecule has 0 aliphatic rings. The summed E-state index contributed by atoms with van der Waals surface area (Å²) in [5, 5.41) is 20.0. The normalized spacial score (nSPS) is 11.4. The third kappa shape index (κ3) is 3.44. The van der Waals surface area contributed by atoms with E-state index in [1.807, 2.05) is 19.1 Å². The number of hydrogen-bond acceptors (Lipinski definition) is 4. The van der Waals surface area contributed by atoms with E-state index in [2.05, 4.69) is 68.7 Å². The minimum Gasteiger partial charge on any atom is -0.481 e. The Bertz CT molecular complexity index is 1400. The van der Waals surface area contributed by atoms with Crippen molar-refractivity contribution in [2.24, 2.45) is 0 Å². The number of carboxylic acid groups (broad SMARTS) is 1. The molecule has 5 aromatic rings. The van der Waals surface area contributed by atoms with Gasteiger partial charge in [-0.1, -0.05) is 48.2 Å². The zero-order valence-electron chi connectivity index (χ0n) is 16.1. The van der Waals surface area contributed by atoms with Gasteiger partial charge in [0.2, 0.25) is 0 Å². The van der Waals surface area contributed by atoms with Gasteiger partial charge in [-0.15, -0.1) is 10.2 Å². The maximum atomic E-state index is 10.8. The van der Waals surface area contributed by atoms with Gasteiger partial charge in [-0.3, -0.25) is 4.79 Å². The van der Waals surface area contributed by atoms with Gasteiger partial charge < -0.3 is 15.1 Å². The van der Waals surface area contributed by atoms with E-state index >= 15 is 0 Å². The second-order valence-electron chi connectivity index (χ2n) is 7.18. The zero-order valence-corrected chi connectivity index (χ0v) is 17.0. The molecule has 0 atom stereocenters. The van der Waals surface area contributed by atoms with Crippen LogP contribution < -0.4 is 0 Å². The number of aromatic amines is 2. The third-order valence-electron chi connectivity index (χ3n) is 4.99. The number of carbonyl (C=O) groups is 1. The molecule has 0 saturated heterocycles. The zero-order chi connectivity index (χ0) is 20.7. The van der Waals surface area contributed by atoms with E-state index in [0.29, 0.717) is 11.0 Å². The predicted octanol–water partition coefficient (Wildman–Crippen LogP) is 5.26. The molecule has 0 fully saturated rings. The molecule has 0 aliphatic carbocycles. The van der Waals surface area contributed by atoms with Crippen LogP contribution in [0.4, 0.5) is 0 Å². The fraction of sp³-hybridized carbons (Fsp3) is 0.0870. The smallest absolute Gasteiger partial charge is 0.313 e. The molecule has 5 rings (SSSR count). The highest BCUT2D eigenvalue weighted by Gasteiger charge is 2.11. The number of aliphatic carboxylic acids is 1. The maximum absolute atomic E-state index is 10.8. The van der Waals surface area contributed by atoms with Crippen LogP contribution in [-0.2, 0) is 4.79 Å². The van der Waals surface area contributed by atoms with Crippen LogP contribution in [0.3, 0.4) is 0 Å².